The molecule has 1 rings (SSSR count). The van der Waals surface area contributed by atoms with Crippen LogP contribution < -0.4 is 10.6 Å². The maximum atomic E-state index is 3.38. The molecular weight excluding hydrogens is 150 g/mol. The average Bonchev–Trinajstić information content (AvgIpc) is 2.13. The van der Waals surface area contributed by atoms with Crippen LogP contribution in [0.1, 0.15) is 27.2 Å². The Morgan fingerprint density at radius 1 is 1.50 bits per heavy atom. The molecule has 0 aliphatic carbocycles. The third-order valence-corrected chi connectivity index (χ3v) is 1.86. The third-order valence-electron chi connectivity index (χ3n) is 1.86. The zero-order chi connectivity index (χ0) is 9.40. The predicted molar refractivity (Wildman–Crippen MR) is 54.1 cm³/mol. The maximum Gasteiger partial charge on any atom is 0.114 e. The SMILES string of the molecule is CC.CCNC1NCCCN1C. The van der Waals surface area contributed by atoms with Gasteiger partial charge in [0.25, 0.3) is 0 Å². The number of hydrogen-bond acceptors (Lipinski definition) is 3. The van der Waals surface area contributed by atoms with E-state index < -0.39 is 0 Å². The minimum Gasteiger partial charge on any atom is -0.290 e. The molecule has 0 aromatic rings. The zero-order valence-corrected chi connectivity index (χ0v) is 8.85. The van der Waals surface area contributed by atoms with Gasteiger partial charge in [0.2, 0.25) is 0 Å². The van der Waals surface area contributed by atoms with Crippen molar-refractivity contribution < 1.29 is 0 Å². The molecule has 3 heteroatoms. The molecule has 0 spiro atoms. The second-order valence-electron chi connectivity index (χ2n) is 2.75. The monoisotopic (exact) mass is 173 g/mol. The molecule has 1 fully saturated rings. The van der Waals surface area contributed by atoms with Crippen molar-refractivity contribution in [3.05, 3.63) is 0 Å². The van der Waals surface area contributed by atoms with Gasteiger partial charge in [0, 0.05) is 6.54 Å². The highest BCUT2D eigenvalue weighted by molar-refractivity contribution is 4.69. The Kier molecular flexibility index (Phi) is 7.45. The Morgan fingerprint density at radius 3 is 2.67 bits per heavy atom. The normalized spacial score (nSPS) is 24.5. The van der Waals surface area contributed by atoms with E-state index in [1.165, 1.54) is 13.0 Å². The molecule has 12 heavy (non-hydrogen) atoms. The van der Waals surface area contributed by atoms with Crippen molar-refractivity contribution in [2.24, 2.45) is 0 Å². The van der Waals surface area contributed by atoms with E-state index in [1.54, 1.807) is 0 Å². The lowest BCUT2D eigenvalue weighted by atomic mass is 10.3. The second kappa shape index (κ2) is 7.53. The van der Waals surface area contributed by atoms with Crippen LogP contribution in [-0.2, 0) is 0 Å². The van der Waals surface area contributed by atoms with Crippen LogP contribution >= 0.6 is 0 Å². The van der Waals surface area contributed by atoms with Gasteiger partial charge in [-0.05, 0) is 26.6 Å². The summed E-state index contributed by atoms with van der Waals surface area (Å²) >= 11 is 0. The first-order valence-corrected chi connectivity index (χ1v) is 5.01. The summed E-state index contributed by atoms with van der Waals surface area (Å²) in [5.41, 5.74) is 0. The van der Waals surface area contributed by atoms with Gasteiger partial charge in [0.1, 0.15) is 6.29 Å². The molecule has 1 unspecified atom stereocenters. The quantitative estimate of drug-likeness (QED) is 0.648. The van der Waals surface area contributed by atoms with Gasteiger partial charge in [0.05, 0.1) is 0 Å². The van der Waals surface area contributed by atoms with E-state index in [2.05, 4.69) is 29.5 Å². The summed E-state index contributed by atoms with van der Waals surface area (Å²) in [5.74, 6) is 0. The molecule has 0 aromatic heterocycles. The van der Waals surface area contributed by atoms with Crippen LogP contribution in [0.2, 0.25) is 0 Å². The van der Waals surface area contributed by atoms with E-state index in [0.717, 1.165) is 13.1 Å². The van der Waals surface area contributed by atoms with Crippen LogP contribution in [-0.4, -0.2) is 37.9 Å². The molecule has 2 N–H and O–H groups in total. The van der Waals surface area contributed by atoms with Gasteiger partial charge in [0.15, 0.2) is 0 Å². The fourth-order valence-electron chi connectivity index (χ4n) is 1.27. The third kappa shape index (κ3) is 4.04. The Balaban J connectivity index is 0.000000561. The Morgan fingerprint density at radius 2 is 2.17 bits per heavy atom. The molecule has 0 saturated carbocycles. The van der Waals surface area contributed by atoms with Crippen LogP contribution in [0.4, 0.5) is 0 Å². The summed E-state index contributed by atoms with van der Waals surface area (Å²) in [4.78, 5) is 2.30. The van der Waals surface area contributed by atoms with Gasteiger partial charge in [-0.15, -0.1) is 0 Å². The highest BCUT2D eigenvalue weighted by Gasteiger charge is 2.15. The lowest BCUT2D eigenvalue weighted by molar-refractivity contribution is 0.136. The van der Waals surface area contributed by atoms with Crippen molar-refractivity contribution in [2.45, 2.75) is 33.5 Å². The smallest absolute Gasteiger partial charge is 0.114 e. The second-order valence-corrected chi connectivity index (χ2v) is 2.75. The standard InChI is InChI=1S/C7H17N3.C2H6/c1-3-8-7-9-5-4-6-10(7)2;1-2/h7-9H,3-6H2,1-2H3;1-2H3. The average molecular weight is 173 g/mol. The van der Waals surface area contributed by atoms with Crippen LogP contribution in [0.5, 0.6) is 0 Å². The largest absolute Gasteiger partial charge is 0.290 e. The molecule has 1 saturated heterocycles. The van der Waals surface area contributed by atoms with Gasteiger partial charge in [-0.25, -0.2) is 0 Å². The lowest BCUT2D eigenvalue weighted by Gasteiger charge is -2.33. The molecule has 3 nitrogen and oxygen atoms in total. The van der Waals surface area contributed by atoms with Crippen LogP contribution in [0.15, 0.2) is 0 Å². The van der Waals surface area contributed by atoms with Crippen molar-refractivity contribution in [3.8, 4) is 0 Å². The van der Waals surface area contributed by atoms with E-state index >= 15 is 0 Å². The van der Waals surface area contributed by atoms with E-state index in [9.17, 15) is 0 Å². The molecule has 1 heterocycles. The lowest BCUT2D eigenvalue weighted by Crippen LogP contribution is -2.57. The van der Waals surface area contributed by atoms with Gasteiger partial charge in [-0.3, -0.25) is 15.5 Å². The topological polar surface area (TPSA) is 27.3 Å². The number of nitrogens with zero attached hydrogens (tertiary/aromatic N) is 1. The summed E-state index contributed by atoms with van der Waals surface area (Å²) in [5, 5.41) is 6.73. The molecule has 1 atom stereocenters. The molecule has 74 valence electrons. The molecule has 0 amide bonds. The first-order valence-electron chi connectivity index (χ1n) is 5.01. The Bertz CT molecular complexity index is 93.8. The van der Waals surface area contributed by atoms with Gasteiger partial charge < -0.3 is 0 Å². The van der Waals surface area contributed by atoms with E-state index in [-0.39, 0.29) is 0 Å². The summed E-state index contributed by atoms with van der Waals surface area (Å²) in [7, 11) is 2.14. The van der Waals surface area contributed by atoms with Crippen molar-refractivity contribution in [1.29, 1.82) is 0 Å². The van der Waals surface area contributed by atoms with E-state index in [1.807, 2.05) is 13.8 Å². The van der Waals surface area contributed by atoms with Gasteiger partial charge in [-0.2, -0.15) is 0 Å². The van der Waals surface area contributed by atoms with Crippen LogP contribution in [0.25, 0.3) is 0 Å². The molecule has 0 aromatic carbocycles. The van der Waals surface area contributed by atoms with Crippen molar-refractivity contribution in [2.75, 3.05) is 26.7 Å². The number of rotatable bonds is 2. The van der Waals surface area contributed by atoms with Crippen molar-refractivity contribution in [1.82, 2.24) is 15.5 Å². The summed E-state index contributed by atoms with van der Waals surface area (Å²) in [6, 6.07) is 0. The summed E-state index contributed by atoms with van der Waals surface area (Å²) < 4.78 is 0. The molecular formula is C9H23N3. The van der Waals surface area contributed by atoms with Gasteiger partial charge in [-0.1, -0.05) is 20.8 Å². The minimum absolute atomic E-state index is 0.402. The summed E-state index contributed by atoms with van der Waals surface area (Å²) in [6.45, 7) is 9.50. The van der Waals surface area contributed by atoms with Crippen molar-refractivity contribution in [3.63, 3.8) is 0 Å². The fraction of sp³-hybridized carbons (Fsp3) is 1.00. The first kappa shape index (κ1) is 11.9. The molecule has 1 aliphatic heterocycles. The number of hydrogen-bond donors (Lipinski definition) is 2. The highest BCUT2D eigenvalue weighted by Crippen LogP contribution is 1.96. The molecule has 1 aliphatic rings. The highest BCUT2D eigenvalue weighted by atomic mass is 15.4. The van der Waals surface area contributed by atoms with Crippen molar-refractivity contribution >= 4 is 0 Å². The molecule has 0 bridgehead atoms. The first-order chi connectivity index (χ1) is 5.84. The summed E-state index contributed by atoms with van der Waals surface area (Å²) in [6.07, 6.45) is 1.66. The Hall–Kier alpha value is -0.120. The van der Waals surface area contributed by atoms with E-state index in [4.69, 9.17) is 0 Å². The van der Waals surface area contributed by atoms with Crippen LogP contribution in [0.3, 0.4) is 0 Å². The van der Waals surface area contributed by atoms with Crippen LogP contribution in [0, 0.1) is 0 Å². The number of nitrogens with one attached hydrogen (secondary N) is 2. The predicted octanol–water partition coefficient (Wildman–Crippen LogP) is 0.831. The Labute approximate surface area is 76.5 Å². The minimum atomic E-state index is 0.402. The zero-order valence-electron chi connectivity index (χ0n) is 8.85. The maximum absolute atomic E-state index is 3.38. The van der Waals surface area contributed by atoms with E-state index in [0.29, 0.717) is 6.29 Å². The van der Waals surface area contributed by atoms with Gasteiger partial charge >= 0.3 is 0 Å². The molecule has 0 radical (unpaired) electrons. The fourth-order valence-corrected chi connectivity index (χ4v) is 1.27.